The van der Waals surface area contributed by atoms with E-state index in [1.165, 1.54) is 18.6 Å². The average Bonchev–Trinajstić information content (AvgIpc) is 2.90. The lowest BCUT2D eigenvalue weighted by atomic mass is 10.1. The third kappa shape index (κ3) is 2.12. The first-order chi connectivity index (χ1) is 8.65. The van der Waals surface area contributed by atoms with Gasteiger partial charge >= 0.3 is 0 Å². The molecule has 0 aromatic heterocycles. The zero-order valence-electron chi connectivity index (χ0n) is 10.4. The van der Waals surface area contributed by atoms with Crippen LogP contribution in [0.15, 0.2) is 24.3 Å². The number of nitrogens with one attached hydrogen (secondary N) is 1. The molecule has 1 saturated heterocycles. The number of rotatable bonds is 3. The summed E-state index contributed by atoms with van der Waals surface area (Å²) in [7, 11) is 0. The molecular formula is C14H17FN2O. The van der Waals surface area contributed by atoms with Crippen molar-refractivity contribution in [3.05, 3.63) is 35.6 Å². The van der Waals surface area contributed by atoms with Gasteiger partial charge in [-0.25, -0.2) is 4.39 Å². The van der Waals surface area contributed by atoms with Crippen LogP contribution in [0.1, 0.15) is 25.1 Å². The van der Waals surface area contributed by atoms with Gasteiger partial charge in [-0.3, -0.25) is 10.1 Å². The van der Waals surface area contributed by atoms with Crippen molar-refractivity contribution >= 4 is 5.91 Å². The number of halogens is 1. The molecule has 1 aliphatic carbocycles. The Balaban J connectivity index is 1.79. The van der Waals surface area contributed by atoms with Crippen LogP contribution in [-0.2, 0) is 4.79 Å². The van der Waals surface area contributed by atoms with Gasteiger partial charge in [-0.15, -0.1) is 0 Å². The Hall–Kier alpha value is -1.42. The van der Waals surface area contributed by atoms with Crippen molar-refractivity contribution < 1.29 is 9.18 Å². The van der Waals surface area contributed by atoms with Crippen LogP contribution < -0.4 is 5.32 Å². The molecule has 1 aromatic rings. The third-order valence-electron chi connectivity index (χ3n) is 3.95. The molecule has 4 heteroatoms. The van der Waals surface area contributed by atoms with Gasteiger partial charge in [0.05, 0.1) is 6.54 Å². The van der Waals surface area contributed by atoms with E-state index in [9.17, 15) is 9.18 Å². The predicted molar refractivity (Wildman–Crippen MR) is 66.1 cm³/mol. The molecule has 1 aromatic carbocycles. The Labute approximate surface area is 106 Å². The smallest absolute Gasteiger partial charge is 0.238 e. The summed E-state index contributed by atoms with van der Waals surface area (Å²) in [6, 6.07) is 6.48. The fourth-order valence-corrected chi connectivity index (χ4v) is 2.63. The highest BCUT2D eigenvalue weighted by atomic mass is 19.1. The molecule has 18 heavy (non-hydrogen) atoms. The lowest BCUT2D eigenvalue weighted by Gasteiger charge is -2.24. The minimum absolute atomic E-state index is 0.114. The van der Waals surface area contributed by atoms with E-state index < -0.39 is 0 Å². The maximum atomic E-state index is 13.3. The molecule has 2 fully saturated rings. The predicted octanol–water partition coefficient (Wildman–Crippen LogP) is 1.91. The van der Waals surface area contributed by atoms with Crippen LogP contribution >= 0.6 is 0 Å². The summed E-state index contributed by atoms with van der Waals surface area (Å²) in [4.78, 5) is 13.7. The lowest BCUT2D eigenvalue weighted by Crippen LogP contribution is -2.32. The maximum Gasteiger partial charge on any atom is 0.238 e. The molecule has 3 atom stereocenters. The molecule has 0 spiro atoms. The maximum absolute atomic E-state index is 13.3. The van der Waals surface area contributed by atoms with Crippen molar-refractivity contribution in [2.24, 2.45) is 11.8 Å². The second-order valence-electron chi connectivity index (χ2n) is 5.36. The number of hydrogen-bond donors (Lipinski definition) is 1. The van der Waals surface area contributed by atoms with Gasteiger partial charge in [0, 0.05) is 6.54 Å². The van der Waals surface area contributed by atoms with Gasteiger partial charge in [0.25, 0.3) is 0 Å². The largest absolute Gasteiger partial charge is 0.322 e. The van der Waals surface area contributed by atoms with Gasteiger partial charge in [0.1, 0.15) is 12.0 Å². The molecule has 3 nitrogen and oxygen atoms in total. The number of benzene rings is 1. The van der Waals surface area contributed by atoms with Crippen LogP contribution in [-0.4, -0.2) is 23.9 Å². The number of amides is 1. The van der Waals surface area contributed by atoms with E-state index in [1.807, 2.05) is 11.0 Å². The highest BCUT2D eigenvalue weighted by Gasteiger charge is 2.39. The van der Waals surface area contributed by atoms with Crippen molar-refractivity contribution in [3.8, 4) is 0 Å². The molecule has 2 aliphatic rings. The first-order valence-electron chi connectivity index (χ1n) is 6.43. The molecule has 96 valence electrons. The van der Waals surface area contributed by atoms with Crippen molar-refractivity contribution in [3.63, 3.8) is 0 Å². The van der Waals surface area contributed by atoms with Crippen molar-refractivity contribution in [2.45, 2.75) is 19.5 Å². The van der Waals surface area contributed by atoms with Crippen LogP contribution in [0.5, 0.6) is 0 Å². The minimum atomic E-state index is -0.256. The Morgan fingerprint density at radius 1 is 1.50 bits per heavy atom. The number of carbonyl (C=O) groups is 1. The summed E-state index contributed by atoms with van der Waals surface area (Å²) in [6.45, 7) is 3.34. The molecule has 0 radical (unpaired) electrons. The van der Waals surface area contributed by atoms with Gasteiger partial charge in [0.2, 0.25) is 5.91 Å². The Bertz CT molecular complexity index is 477. The summed E-state index contributed by atoms with van der Waals surface area (Å²) in [5, 5.41) is 3.16. The highest BCUT2D eigenvalue weighted by Crippen LogP contribution is 2.40. The second kappa shape index (κ2) is 4.35. The standard InChI is InChI=1S/C14H17FN2O/c1-9-5-11(9)8-17-13(18)7-16-14(17)10-3-2-4-12(15)6-10/h2-4,6,9,11,14,16H,5,7-8H2,1H3. The van der Waals surface area contributed by atoms with Crippen molar-refractivity contribution in [1.82, 2.24) is 10.2 Å². The molecular weight excluding hydrogens is 231 g/mol. The monoisotopic (exact) mass is 248 g/mol. The molecule has 1 saturated carbocycles. The highest BCUT2D eigenvalue weighted by molar-refractivity contribution is 5.81. The zero-order chi connectivity index (χ0) is 12.7. The Morgan fingerprint density at radius 2 is 2.28 bits per heavy atom. The summed E-state index contributed by atoms with van der Waals surface area (Å²) < 4.78 is 13.3. The summed E-state index contributed by atoms with van der Waals surface area (Å²) >= 11 is 0. The van der Waals surface area contributed by atoms with Crippen LogP contribution in [0, 0.1) is 17.7 Å². The normalized spacial score (nSPS) is 30.9. The topological polar surface area (TPSA) is 32.3 Å². The molecule has 3 rings (SSSR count). The molecule has 1 aliphatic heterocycles. The second-order valence-corrected chi connectivity index (χ2v) is 5.36. The molecule has 0 bridgehead atoms. The van der Waals surface area contributed by atoms with E-state index in [2.05, 4.69) is 12.2 Å². The first-order valence-corrected chi connectivity index (χ1v) is 6.43. The van der Waals surface area contributed by atoms with E-state index in [1.54, 1.807) is 6.07 Å². The zero-order valence-corrected chi connectivity index (χ0v) is 10.4. The SMILES string of the molecule is CC1CC1CN1C(=O)CNC1c1cccc(F)c1. The van der Waals surface area contributed by atoms with Crippen LogP contribution in [0.4, 0.5) is 4.39 Å². The fraction of sp³-hybridized carbons (Fsp3) is 0.500. The molecule has 1 amide bonds. The summed E-state index contributed by atoms with van der Waals surface area (Å²) in [5.74, 6) is 1.19. The Morgan fingerprint density at radius 3 is 2.94 bits per heavy atom. The first kappa shape index (κ1) is 11.7. The summed E-state index contributed by atoms with van der Waals surface area (Å²) in [6.07, 6.45) is 1.03. The van der Waals surface area contributed by atoms with Gasteiger partial charge in [-0.2, -0.15) is 0 Å². The third-order valence-corrected chi connectivity index (χ3v) is 3.95. The minimum Gasteiger partial charge on any atom is -0.322 e. The quantitative estimate of drug-likeness (QED) is 0.886. The number of nitrogens with zero attached hydrogens (tertiary/aromatic N) is 1. The van der Waals surface area contributed by atoms with Crippen molar-refractivity contribution in [2.75, 3.05) is 13.1 Å². The van der Waals surface area contributed by atoms with Gasteiger partial charge in [-0.1, -0.05) is 19.1 Å². The molecule has 3 unspecified atom stereocenters. The Kier molecular flexibility index (Phi) is 2.82. The molecule has 1 N–H and O–H groups in total. The van der Waals surface area contributed by atoms with Crippen LogP contribution in [0.3, 0.4) is 0 Å². The number of hydrogen-bond acceptors (Lipinski definition) is 2. The summed E-state index contributed by atoms with van der Waals surface area (Å²) in [5.41, 5.74) is 0.828. The van der Waals surface area contributed by atoms with E-state index >= 15 is 0 Å². The van der Waals surface area contributed by atoms with Gasteiger partial charge < -0.3 is 4.90 Å². The van der Waals surface area contributed by atoms with E-state index in [-0.39, 0.29) is 17.9 Å². The van der Waals surface area contributed by atoms with E-state index in [4.69, 9.17) is 0 Å². The van der Waals surface area contributed by atoms with E-state index in [0.717, 1.165) is 12.1 Å². The van der Waals surface area contributed by atoms with Gasteiger partial charge in [-0.05, 0) is 36.0 Å². The number of carbonyl (C=O) groups excluding carboxylic acids is 1. The van der Waals surface area contributed by atoms with Crippen molar-refractivity contribution in [1.29, 1.82) is 0 Å². The lowest BCUT2D eigenvalue weighted by molar-refractivity contribution is -0.128. The van der Waals surface area contributed by atoms with Gasteiger partial charge in [0.15, 0.2) is 0 Å². The molecule has 1 heterocycles. The fourth-order valence-electron chi connectivity index (χ4n) is 2.63. The average molecular weight is 248 g/mol. The van der Waals surface area contributed by atoms with Crippen LogP contribution in [0.2, 0.25) is 0 Å². The van der Waals surface area contributed by atoms with Crippen LogP contribution in [0.25, 0.3) is 0 Å². The van der Waals surface area contributed by atoms with E-state index in [0.29, 0.717) is 18.4 Å².